The Bertz CT molecular complexity index is 349. The van der Waals surface area contributed by atoms with E-state index >= 15 is 0 Å². The number of alkyl halides is 1. The number of carbonyl (C=O) groups is 1. The van der Waals surface area contributed by atoms with Crippen LogP contribution in [0.25, 0.3) is 0 Å². The van der Waals surface area contributed by atoms with Crippen molar-refractivity contribution in [3.63, 3.8) is 0 Å². The first kappa shape index (κ1) is 8.26. The monoisotopic (exact) mass is 290 g/mol. The van der Waals surface area contributed by atoms with Gasteiger partial charge >= 0.3 is 5.97 Å². The molecule has 1 aliphatic heterocycles. The quantitative estimate of drug-likeness (QED) is 0.542. The molecule has 1 aliphatic rings. The van der Waals surface area contributed by atoms with Gasteiger partial charge in [0, 0.05) is 10.0 Å². The predicted octanol–water partition coefficient (Wildman–Crippen LogP) is 3.01. The number of benzene rings is 1. The van der Waals surface area contributed by atoms with Crippen molar-refractivity contribution in [2.45, 2.75) is 5.01 Å². The summed E-state index contributed by atoms with van der Waals surface area (Å²) in [6, 6.07) is 5.45. The van der Waals surface area contributed by atoms with E-state index in [2.05, 4.69) is 31.9 Å². The molecule has 0 radical (unpaired) electrons. The molecule has 0 saturated carbocycles. The predicted molar refractivity (Wildman–Crippen MR) is 51.2 cm³/mol. The van der Waals surface area contributed by atoms with Gasteiger partial charge in [-0.1, -0.05) is 22.0 Å². The van der Waals surface area contributed by atoms with Crippen molar-refractivity contribution in [3.05, 3.63) is 33.8 Å². The van der Waals surface area contributed by atoms with E-state index < -0.39 is 0 Å². The van der Waals surface area contributed by atoms with E-state index in [-0.39, 0.29) is 11.0 Å². The van der Waals surface area contributed by atoms with E-state index in [1.807, 2.05) is 12.1 Å². The zero-order chi connectivity index (χ0) is 8.72. The molecule has 0 amide bonds. The van der Waals surface area contributed by atoms with Gasteiger partial charge in [0.15, 0.2) is 5.01 Å². The SMILES string of the molecule is O=C1O[C@H](Br)c2c(Br)cccc21. The minimum absolute atomic E-state index is 0.270. The number of fused-ring (bicyclic) bond motifs is 1. The van der Waals surface area contributed by atoms with Crippen molar-refractivity contribution in [2.75, 3.05) is 0 Å². The molecule has 1 atom stereocenters. The van der Waals surface area contributed by atoms with E-state index in [4.69, 9.17) is 4.74 Å². The van der Waals surface area contributed by atoms with Crippen LogP contribution < -0.4 is 0 Å². The molecule has 4 heteroatoms. The average Bonchev–Trinajstić information content (AvgIpc) is 2.29. The molecule has 0 aromatic heterocycles. The van der Waals surface area contributed by atoms with Gasteiger partial charge in [0.2, 0.25) is 0 Å². The molecule has 0 saturated heterocycles. The maximum atomic E-state index is 11.2. The summed E-state index contributed by atoms with van der Waals surface area (Å²) in [4.78, 5) is 11.2. The van der Waals surface area contributed by atoms with Crippen LogP contribution in [-0.4, -0.2) is 5.97 Å². The molecule has 2 nitrogen and oxygen atoms in total. The van der Waals surface area contributed by atoms with E-state index in [1.165, 1.54) is 0 Å². The van der Waals surface area contributed by atoms with Crippen molar-refractivity contribution in [2.24, 2.45) is 0 Å². The van der Waals surface area contributed by atoms with Crippen LogP contribution in [0.4, 0.5) is 0 Å². The summed E-state index contributed by atoms with van der Waals surface area (Å²) in [6.45, 7) is 0. The van der Waals surface area contributed by atoms with Crippen molar-refractivity contribution in [1.29, 1.82) is 0 Å². The molecular weight excluding hydrogens is 288 g/mol. The summed E-state index contributed by atoms with van der Waals surface area (Å²) in [5, 5.41) is -0.310. The van der Waals surface area contributed by atoms with Crippen molar-refractivity contribution in [1.82, 2.24) is 0 Å². The fourth-order valence-corrected chi connectivity index (χ4v) is 2.71. The van der Waals surface area contributed by atoms with Crippen molar-refractivity contribution in [3.8, 4) is 0 Å². The molecule has 12 heavy (non-hydrogen) atoms. The van der Waals surface area contributed by atoms with Crippen LogP contribution in [0.1, 0.15) is 20.9 Å². The molecule has 62 valence electrons. The number of esters is 1. The first-order valence-corrected chi connectivity index (χ1v) is 5.04. The third-order valence-corrected chi connectivity index (χ3v) is 3.05. The van der Waals surface area contributed by atoms with Gasteiger partial charge in [0.1, 0.15) is 0 Å². The smallest absolute Gasteiger partial charge is 0.340 e. The molecule has 1 heterocycles. The Kier molecular flexibility index (Phi) is 1.96. The highest BCUT2D eigenvalue weighted by molar-refractivity contribution is 9.11. The zero-order valence-electron chi connectivity index (χ0n) is 5.88. The normalized spacial score (nSPS) is 20.5. The minimum atomic E-state index is -0.310. The Morgan fingerprint density at radius 2 is 2.17 bits per heavy atom. The molecule has 1 aromatic carbocycles. The largest absolute Gasteiger partial charge is 0.442 e. The molecule has 0 aliphatic carbocycles. The second kappa shape index (κ2) is 2.85. The molecular formula is C8H4Br2O2. The van der Waals surface area contributed by atoms with Gasteiger partial charge in [-0.15, -0.1) is 0 Å². The number of rotatable bonds is 0. The summed E-state index contributed by atoms with van der Waals surface area (Å²) >= 11 is 6.61. The number of cyclic esters (lactones) is 1. The number of ether oxygens (including phenoxy) is 1. The lowest BCUT2D eigenvalue weighted by Crippen LogP contribution is -1.92. The van der Waals surface area contributed by atoms with Crippen LogP contribution in [0, 0.1) is 0 Å². The highest BCUT2D eigenvalue weighted by atomic mass is 79.9. The van der Waals surface area contributed by atoms with Crippen LogP contribution in [-0.2, 0) is 4.74 Å². The molecule has 2 rings (SSSR count). The average molecular weight is 292 g/mol. The lowest BCUT2D eigenvalue weighted by Gasteiger charge is -2.01. The summed E-state index contributed by atoms with van der Waals surface area (Å²) in [5.74, 6) is -0.270. The molecule has 0 N–H and O–H groups in total. The standard InChI is InChI=1S/C8H4Br2O2/c9-5-3-1-2-4-6(5)7(10)12-8(4)11/h1-3,7H/t7-/m0/s1. The lowest BCUT2D eigenvalue weighted by molar-refractivity contribution is 0.0530. The Hall–Kier alpha value is -0.350. The maximum absolute atomic E-state index is 11.2. The van der Waals surface area contributed by atoms with E-state index in [1.54, 1.807) is 6.07 Å². The van der Waals surface area contributed by atoms with E-state index in [0.717, 1.165) is 10.0 Å². The third-order valence-electron chi connectivity index (χ3n) is 1.71. The van der Waals surface area contributed by atoms with Gasteiger partial charge in [0.05, 0.1) is 5.56 Å². The first-order chi connectivity index (χ1) is 5.70. The first-order valence-electron chi connectivity index (χ1n) is 3.33. The second-order valence-corrected chi connectivity index (χ2v) is 4.11. The Labute approximate surface area is 86.2 Å². The maximum Gasteiger partial charge on any atom is 0.340 e. The molecule has 0 spiro atoms. The fraction of sp³-hybridized carbons (Fsp3) is 0.125. The van der Waals surface area contributed by atoms with Gasteiger partial charge in [-0.05, 0) is 28.1 Å². The van der Waals surface area contributed by atoms with Crippen molar-refractivity contribution < 1.29 is 9.53 Å². The van der Waals surface area contributed by atoms with Gasteiger partial charge < -0.3 is 4.74 Å². The third kappa shape index (κ3) is 1.10. The summed E-state index contributed by atoms with van der Waals surface area (Å²) in [6.07, 6.45) is 0. The van der Waals surface area contributed by atoms with Crippen LogP contribution in [0.3, 0.4) is 0 Å². The minimum Gasteiger partial charge on any atom is -0.442 e. The van der Waals surface area contributed by atoms with Crippen LogP contribution in [0.5, 0.6) is 0 Å². The molecule has 0 unspecified atom stereocenters. The highest BCUT2D eigenvalue weighted by Gasteiger charge is 2.30. The van der Waals surface area contributed by atoms with Crippen LogP contribution in [0.2, 0.25) is 0 Å². The summed E-state index contributed by atoms with van der Waals surface area (Å²) in [7, 11) is 0. The topological polar surface area (TPSA) is 26.3 Å². The van der Waals surface area contributed by atoms with Gasteiger partial charge in [-0.25, -0.2) is 4.79 Å². The van der Waals surface area contributed by atoms with Gasteiger partial charge in [0.25, 0.3) is 0 Å². The Morgan fingerprint density at radius 1 is 1.42 bits per heavy atom. The number of hydrogen-bond donors (Lipinski definition) is 0. The van der Waals surface area contributed by atoms with E-state index in [0.29, 0.717) is 5.56 Å². The second-order valence-electron chi connectivity index (χ2n) is 2.42. The zero-order valence-corrected chi connectivity index (χ0v) is 9.05. The Balaban J connectivity index is 2.67. The number of hydrogen-bond acceptors (Lipinski definition) is 2. The number of carbonyl (C=O) groups excluding carboxylic acids is 1. The van der Waals surface area contributed by atoms with Crippen LogP contribution in [0.15, 0.2) is 22.7 Å². The van der Waals surface area contributed by atoms with Gasteiger partial charge in [-0.2, -0.15) is 0 Å². The Morgan fingerprint density at radius 3 is 2.83 bits per heavy atom. The molecule has 0 fully saturated rings. The van der Waals surface area contributed by atoms with Crippen LogP contribution >= 0.6 is 31.9 Å². The summed E-state index contributed by atoms with van der Waals surface area (Å²) in [5.41, 5.74) is 1.51. The highest BCUT2D eigenvalue weighted by Crippen LogP contribution is 2.39. The summed E-state index contributed by atoms with van der Waals surface area (Å²) < 4.78 is 5.86. The molecule has 0 bridgehead atoms. The molecule has 1 aromatic rings. The van der Waals surface area contributed by atoms with Gasteiger partial charge in [-0.3, -0.25) is 0 Å². The fourth-order valence-electron chi connectivity index (χ4n) is 1.16. The van der Waals surface area contributed by atoms with E-state index in [9.17, 15) is 4.79 Å². The number of halogens is 2. The van der Waals surface area contributed by atoms with Crippen molar-refractivity contribution >= 4 is 37.8 Å². The lowest BCUT2D eigenvalue weighted by atomic mass is 10.1.